The Labute approximate surface area is 122 Å². The van der Waals surface area contributed by atoms with Gasteiger partial charge in [-0.05, 0) is 25.7 Å². The normalized spacial score (nSPS) is 16.1. The Kier molecular flexibility index (Phi) is 6.05. The number of nitrogens with one attached hydrogen (secondary N) is 2. The zero-order valence-electron chi connectivity index (χ0n) is 12.8. The molecule has 0 radical (unpaired) electrons. The minimum Gasteiger partial charge on any atom is -0.370 e. The summed E-state index contributed by atoms with van der Waals surface area (Å²) in [6.45, 7) is 7.47. The topological polar surface area (TPSA) is 53.1 Å². The Bertz CT molecular complexity index is 401. The van der Waals surface area contributed by atoms with E-state index in [-0.39, 0.29) is 0 Å². The fourth-order valence-electron chi connectivity index (χ4n) is 2.40. The summed E-state index contributed by atoms with van der Waals surface area (Å²) in [6.07, 6.45) is 6.97. The SMILES string of the molecule is CCCNc1cc(NN2CCCCC2)nc(CCC)n1. The highest BCUT2D eigenvalue weighted by Crippen LogP contribution is 2.15. The molecule has 0 unspecified atom stereocenters. The van der Waals surface area contributed by atoms with Crippen molar-refractivity contribution in [3.05, 3.63) is 11.9 Å². The molecule has 112 valence electrons. The van der Waals surface area contributed by atoms with Gasteiger partial charge in [0.1, 0.15) is 17.5 Å². The van der Waals surface area contributed by atoms with Crippen molar-refractivity contribution >= 4 is 11.6 Å². The summed E-state index contributed by atoms with van der Waals surface area (Å²) in [4.78, 5) is 9.19. The van der Waals surface area contributed by atoms with E-state index in [2.05, 4.69) is 39.6 Å². The van der Waals surface area contributed by atoms with Gasteiger partial charge in [0.15, 0.2) is 0 Å². The van der Waals surface area contributed by atoms with Crippen LogP contribution in [0.2, 0.25) is 0 Å². The van der Waals surface area contributed by atoms with Crippen molar-refractivity contribution in [3.8, 4) is 0 Å². The van der Waals surface area contributed by atoms with Gasteiger partial charge >= 0.3 is 0 Å². The number of hydrazine groups is 1. The van der Waals surface area contributed by atoms with E-state index in [0.29, 0.717) is 0 Å². The molecule has 0 atom stereocenters. The van der Waals surface area contributed by atoms with Crippen LogP contribution in [-0.2, 0) is 6.42 Å². The van der Waals surface area contributed by atoms with Gasteiger partial charge in [-0.2, -0.15) is 0 Å². The molecule has 0 amide bonds. The lowest BCUT2D eigenvalue weighted by Gasteiger charge is -2.27. The molecule has 5 heteroatoms. The number of nitrogens with zero attached hydrogens (tertiary/aromatic N) is 3. The van der Waals surface area contributed by atoms with Crippen molar-refractivity contribution < 1.29 is 0 Å². The van der Waals surface area contributed by atoms with E-state index in [1.165, 1.54) is 19.3 Å². The lowest BCUT2D eigenvalue weighted by atomic mass is 10.2. The Balaban J connectivity index is 2.06. The van der Waals surface area contributed by atoms with Gasteiger partial charge in [-0.1, -0.05) is 20.3 Å². The predicted octanol–water partition coefficient (Wildman–Crippen LogP) is 3.06. The molecule has 2 heterocycles. The second-order valence-electron chi connectivity index (χ2n) is 5.39. The van der Waals surface area contributed by atoms with Gasteiger partial charge in [0.25, 0.3) is 0 Å². The van der Waals surface area contributed by atoms with Crippen LogP contribution in [-0.4, -0.2) is 34.6 Å². The number of anilines is 2. The summed E-state index contributed by atoms with van der Waals surface area (Å²) in [7, 11) is 0. The maximum atomic E-state index is 4.62. The van der Waals surface area contributed by atoms with E-state index in [4.69, 9.17) is 0 Å². The standard InChI is InChI=1S/C15H27N5/c1-3-8-13-17-14(16-9-4-2)12-15(18-13)19-20-10-6-5-7-11-20/h12H,3-11H2,1-2H3,(H2,16,17,18,19). The Morgan fingerprint density at radius 1 is 1.05 bits per heavy atom. The monoisotopic (exact) mass is 277 g/mol. The molecule has 0 saturated carbocycles. The first-order valence-electron chi connectivity index (χ1n) is 7.95. The van der Waals surface area contributed by atoms with Crippen molar-refractivity contribution in [3.63, 3.8) is 0 Å². The smallest absolute Gasteiger partial charge is 0.146 e. The number of aryl methyl sites for hydroxylation is 1. The molecule has 0 aromatic carbocycles. The minimum atomic E-state index is 0.920. The van der Waals surface area contributed by atoms with Crippen LogP contribution in [0.3, 0.4) is 0 Å². The minimum absolute atomic E-state index is 0.920. The molecule has 1 aromatic heterocycles. The molecule has 2 N–H and O–H groups in total. The van der Waals surface area contributed by atoms with Crippen molar-refractivity contribution in [2.45, 2.75) is 52.4 Å². The molecule has 5 nitrogen and oxygen atoms in total. The fourth-order valence-corrected chi connectivity index (χ4v) is 2.40. The van der Waals surface area contributed by atoms with Crippen LogP contribution in [0.15, 0.2) is 6.07 Å². The van der Waals surface area contributed by atoms with Crippen LogP contribution in [0.1, 0.15) is 51.8 Å². The average molecular weight is 277 g/mol. The van der Waals surface area contributed by atoms with Gasteiger partial charge in [0.2, 0.25) is 0 Å². The van der Waals surface area contributed by atoms with Crippen molar-refractivity contribution in [2.24, 2.45) is 0 Å². The molecule has 0 bridgehead atoms. The third-order valence-electron chi connectivity index (χ3n) is 3.43. The van der Waals surface area contributed by atoms with Crippen LogP contribution in [0, 0.1) is 0 Å². The van der Waals surface area contributed by atoms with Crippen molar-refractivity contribution in [1.82, 2.24) is 15.0 Å². The molecule has 1 aliphatic heterocycles. The Hall–Kier alpha value is -1.36. The Morgan fingerprint density at radius 3 is 2.50 bits per heavy atom. The first kappa shape index (κ1) is 15.0. The Morgan fingerprint density at radius 2 is 1.80 bits per heavy atom. The molecule has 1 aromatic rings. The van der Waals surface area contributed by atoms with E-state index < -0.39 is 0 Å². The van der Waals surface area contributed by atoms with Gasteiger partial charge in [0, 0.05) is 32.1 Å². The van der Waals surface area contributed by atoms with Crippen LogP contribution >= 0.6 is 0 Å². The summed E-state index contributed by atoms with van der Waals surface area (Å²) < 4.78 is 0. The molecule has 2 rings (SSSR count). The second kappa shape index (κ2) is 8.04. The quantitative estimate of drug-likeness (QED) is 0.802. The summed E-state index contributed by atoms with van der Waals surface area (Å²) in [5.41, 5.74) is 3.44. The zero-order chi connectivity index (χ0) is 14.2. The van der Waals surface area contributed by atoms with Gasteiger partial charge in [-0.3, -0.25) is 0 Å². The second-order valence-corrected chi connectivity index (χ2v) is 5.39. The summed E-state index contributed by atoms with van der Waals surface area (Å²) in [5.74, 6) is 2.78. The molecule has 0 spiro atoms. The maximum Gasteiger partial charge on any atom is 0.146 e. The van der Waals surface area contributed by atoms with Crippen LogP contribution in [0.5, 0.6) is 0 Å². The molecule has 1 fully saturated rings. The van der Waals surface area contributed by atoms with E-state index in [9.17, 15) is 0 Å². The number of hydrogen-bond donors (Lipinski definition) is 2. The maximum absolute atomic E-state index is 4.62. The highest BCUT2D eigenvalue weighted by molar-refractivity contribution is 5.47. The molecular formula is C15H27N5. The first-order valence-corrected chi connectivity index (χ1v) is 7.95. The number of piperidine rings is 1. The third kappa shape index (κ3) is 4.63. The lowest BCUT2D eigenvalue weighted by Crippen LogP contribution is -2.35. The van der Waals surface area contributed by atoms with Gasteiger partial charge in [-0.25, -0.2) is 15.0 Å². The molecule has 1 saturated heterocycles. The molecule has 1 aliphatic rings. The van der Waals surface area contributed by atoms with Crippen LogP contribution in [0.25, 0.3) is 0 Å². The number of aromatic nitrogens is 2. The number of rotatable bonds is 7. The van der Waals surface area contributed by atoms with Crippen LogP contribution < -0.4 is 10.7 Å². The van der Waals surface area contributed by atoms with E-state index in [1.54, 1.807) is 0 Å². The largest absolute Gasteiger partial charge is 0.370 e. The van der Waals surface area contributed by atoms with Crippen molar-refractivity contribution in [1.29, 1.82) is 0 Å². The van der Waals surface area contributed by atoms with Gasteiger partial charge in [-0.15, -0.1) is 0 Å². The van der Waals surface area contributed by atoms with E-state index >= 15 is 0 Å². The highest BCUT2D eigenvalue weighted by Gasteiger charge is 2.11. The zero-order valence-corrected chi connectivity index (χ0v) is 12.8. The molecule has 20 heavy (non-hydrogen) atoms. The number of hydrogen-bond acceptors (Lipinski definition) is 5. The molecule has 0 aliphatic carbocycles. The fraction of sp³-hybridized carbons (Fsp3) is 0.733. The van der Waals surface area contributed by atoms with Gasteiger partial charge in [0.05, 0.1) is 0 Å². The van der Waals surface area contributed by atoms with E-state index in [0.717, 1.165) is 56.4 Å². The van der Waals surface area contributed by atoms with Gasteiger partial charge < -0.3 is 10.7 Å². The lowest BCUT2D eigenvalue weighted by molar-refractivity contribution is 0.272. The third-order valence-corrected chi connectivity index (χ3v) is 3.43. The summed E-state index contributed by atoms with van der Waals surface area (Å²) >= 11 is 0. The van der Waals surface area contributed by atoms with Crippen molar-refractivity contribution in [2.75, 3.05) is 30.4 Å². The van der Waals surface area contributed by atoms with Crippen LogP contribution in [0.4, 0.5) is 11.6 Å². The summed E-state index contributed by atoms with van der Waals surface area (Å²) in [5, 5.41) is 5.63. The highest BCUT2D eigenvalue weighted by atomic mass is 15.5. The predicted molar refractivity (Wildman–Crippen MR) is 83.9 cm³/mol. The average Bonchev–Trinajstić information content (AvgIpc) is 2.46. The first-order chi connectivity index (χ1) is 9.81. The van der Waals surface area contributed by atoms with E-state index in [1.807, 2.05) is 6.07 Å². The summed E-state index contributed by atoms with van der Waals surface area (Å²) in [6, 6.07) is 2.02. The molecular weight excluding hydrogens is 250 g/mol.